The van der Waals surface area contributed by atoms with Crippen molar-refractivity contribution in [2.75, 3.05) is 6.61 Å². The van der Waals surface area contributed by atoms with Gasteiger partial charge in [0.1, 0.15) is 6.10 Å². The second kappa shape index (κ2) is 5.70. The maximum absolute atomic E-state index is 11.6. The lowest BCUT2D eigenvalue weighted by atomic mass is 9.83. The van der Waals surface area contributed by atoms with Gasteiger partial charge < -0.3 is 9.84 Å². The van der Waals surface area contributed by atoms with Crippen molar-refractivity contribution in [3.8, 4) is 0 Å². The van der Waals surface area contributed by atoms with E-state index in [9.17, 15) is 9.90 Å². The zero-order chi connectivity index (χ0) is 14.0. The molecule has 1 saturated carbocycles. The van der Waals surface area contributed by atoms with Crippen molar-refractivity contribution >= 4 is 6.09 Å². The van der Waals surface area contributed by atoms with Crippen LogP contribution < -0.4 is 0 Å². The van der Waals surface area contributed by atoms with Crippen molar-refractivity contribution in [3.63, 3.8) is 0 Å². The molecule has 1 aliphatic carbocycles. The Bertz CT molecular complexity index is 314. The fraction of sp³-hybridized carbons (Fsp3) is 0.933. The van der Waals surface area contributed by atoms with Gasteiger partial charge in [-0.25, -0.2) is 4.79 Å². The monoisotopic (exact) mass is 269 g/mol. The molecule has 19 heavy (non-hydrogen) atoms. The molecule has 0 aromatic rings. The Kier molecular flexibility index (Phi) is 4.39. The van der Waals surface area contributed by atoms with Crippen LogP contribution in [0, 0.1) is 5.92 Å². The summed E-state index contributed by atoms with van der Waals surface area (Å²) in [7, 11) is 0. The summed E-state index contributed by atoms with van der Waals surface area (Å²) >= 11 is 0. The van der Waals surface area contributed by atoms with Crippen LogP contribution in [0.5, 0.6) is 0 Å². The number of epoxide rings is 1. The van der Waals surface area contributed by atoms with E-state index >= 15 is 0 Å². The van der Waals surface area contributed by atoms with E-state index in [4.69, 9.17) is 4.74 Å². The first-order chi connectivity index (χ1) is 8.89. The molecule has 2 aliphatic rings. The molecule has 1 saturated heterocycles. The van der Waals surface area contributed by atoms with Gasteiger partial charge in [-0.2, -0.15) is 0 Å². The first kappa shape index (κ1) is 14.6. The minimum atomic E-state index is -0.816. The average molecular weight is 269 g/mol. The van der Waals surface area contributed by atoms with E-state index in [0.29, 0.717) is 5.92 Å². The van der Waals surface area contributed by atoms with Gasteiger partial charge in [0, 0.05) is 5.54 Å². The molecule has 1 N–H and O–H groups in total. The van der Waals surface area contributed by atoms with Crippen LogP contribution in [0.4, 0.5) is 4.79 Å². The first-order valence-electron chi connectivity index (χ1n) is 7.53. The van der Waals surface area contributed by atoms with Crippen molar-refractivity contribution in [1.29, 1.82) is 0 Å². The molecule has 2 atom stereocenters. The first-order valence-corrected chi connectivity index (χ1v) is 7.53. The number of nitrogens with zero attached hydrogens (tertiary/aromatic N) is 1. The maximum atomic E-state index is 11.6. The lowest BCUT2D eigenvalue weighted by molar-refractivity contribution is 0.0472. The van der Waals surface area contributed by atoms with Crippen molar-refractivity contribution in [2.24, 2.45) is 5.92 Å². The number of carboxylic acid groups (broad SMARTS) is 1. The second-order valence-corrected chi connectivity index (χ2v) is 7.00. The Balaban J connectivity index is 2.06. The summed E-state index contributed by atoms with van der Waals surface area (Å²) < 4.78 is 5.43. The summed E-state index contributed by atoms with van der Waals surface area (Å²) in [4.78, 5) is 13.3. The summed E-state index contributed by atoms with van der Waals surface area (Å²) in [5.41, 5.74) is -0.364. The smallest absolute Gasteiger partial charge is 0.408 e. The summed E-state index contributed by atoms with van der Waals surface area (Å²) in [6.07, 6.45) is 6.71. The Hall–Kier alpha value is -0.770. The van der Waals surface area contributed by atoms with Gasteiger partial charge in [0.15, 0.2) is 0 Å². The number of rotatable bonds is 4. The molecule has 1 aliphatic heterocycles. The maximum Gasteiger partial charge on any atom is 0.408 e. The number of hydrogen-bond donors (Lipinski definition) is 1. The predicted molar refractivity (Wildman–Crippen MR) is 74.3 cm³/mol. The van der Waals surface area contributed by atoms with Crippen molar-refractivity contribution in [3.05, 3.63) is 0 Å². The van der Waals surface area contributed by atoms with E-state index in [0.717, 1.165) is 13.0 Å². The standard InChI is InChI=1S/C15H27NO3/c1-15(2,3)16(14(17)18)12(13-10-19-13)9-11-7-5-4-6-8-11/h11-13H,4-10H2,1-3H3,(H,17,18)/t12-,13-/m0/s1. The van der Waals surface area contributed by atoms with E-state index in [1.165, 1.54) is 32.1 Å². The van der Waals surface area contributed by atoms with E-state index in [1.807, 2.05) is 20.8 Å². The highest BCUT2D eigenvalue weighted by molar-refractivity contribution is 5.66. The average Bonchev–Trinajstić information content (AvgIpc) is 3.10. The molecule has 0 aromatic heterocycles. The van der Waals surface area contributed by atoms with Crippen molar-refractivity contribution < 1.29 is 14.6 Å². The van der Waals surface area contributed by atoms with Gasteiger partial charge in [0.25, 0.3) is 0 Å². The van der Waals surface area contributed by atoms with E-state index in [1.54, 1.807) is 4.90 Å². The zero-order valence-corrected chi connectivity index (χ0v) is 12.4. The fourth-order valence-corrected chi connectivity index (χ4v) is 3.39. The molecule has 110 valence electrons. The predicted octanol–water partition coefficient (Wildman–Crippen LogP) is 3.50. The summed E-state index contributed by atoms with van der Waals surface area (Å²) in [6.45, 7) is 6.63. The number of ether oxygens (including phenoxy) is 1. The van der Waals surface area contributed by atoms with Crippen LogP contribution in [0.2, 0.25) is 0 Å². The van der Waals surface area contributed by atoms with E-state index < -0.39 is 6.09 Å². The third-order valence-electron chi connectivity index (χ3n) is 4.35. The van der Waals surface area contributed by atoms with Gasteiger partial charge >= 0.3 is 6.09 Å². The Morgan fingerprint density at radius 1 is 1.32 bits per heavy atom. The van der Waals surface area contributed by atoms with Crippen molar-refractivity contribution in [1.82, 2.24) is 4.90 Å². The molecular formula is C15H27NO3. The van der Waals surface area contributed by atoms with Crippen LogP contribution in [0.15, 0.2) is 0 Å². The molecule has 0 unspecified atom stereocenters. The lowest BCUT2D eigenvalue weighted by Gasteiger charge is -2.41. The van der Waals surface area contributed by atoms with E-state index in [-0.39, 0.29) is 17.7 Å². The summed E-state index contributed by atoms with van der Waals surface area (Å²) in [5.74, 6) is 0.673. The van der Waals surface area contributed by atoms with Crippen LogP contribution in [0.3, 0.4) is 0 Å². The highest BCUT2D eigenvalue weighted by atomic mass is 16.6. The van der Waals surface area contributed by atoms with Crippen LogP contribution in [-0.4, -0.2) is 40.4 Å². The summed E-state index contributed by atoms with van der Waals surface area (Å²) in [6, 6.07) is 0.0283. The number of hydrogen-bond acceptors (Lipinski definition) is 2. The highest BCUT2D eigenvalue weighted by Crippen LogP contribution is 2.35. The molecule has 1 amide bonds. The van der Waals surface area contributed by atoms with Crippen LogP contribution >= 0.6 is 0 Å². The fourth-order valence-electron chi connectivity index (χ4n) is 3.39. The molecule has 1 heterocycles. The molecule has 2 rings (SSSR count). The third kappa shape index (κ3) is 3.85. The number of carbonyl (C=O) groups is 1. The minimum Gasteiger partial charge on any atom is -0.465 e. The zero-order valence-electron chi connectivity index (χ0n) is 12.4. The lowest BCUT2D eigenvalue weighted by Crippen LogP contribution is -2.54. The van der Waals surface area contributed by atoms with Gasteiger partial charge in [-0.3, -0.25) is 4.90 Å². The highest BCUT2D eigenvalue weighted by Gasteiger charge is 2.44. The Labute approximate surface area is 116 Å². The van der Waals surface area contributed by atoms with Crippen LogP contribution in [-0.2, 0) is 4.74 Å². The van der Waals surface area contributed by atoms with Crippen LogP contribution in [0.25, 0.3) is 0 Å². The largest absolute Gasteiger partial charge is 0.465 e. The van der Waals surface area contributed by atoms with Gasteiger partial charge in [-0.1, -0.05) is 32.1 Å². The number of amides is 1. The molecule has 2 fully saturated rings. The SMILES string of the molecule is CC(C)(C)N(C(=O)O)[C@@H](CC1CCCCC1)[C@@H]1CO1. The van der Waals surface area contributed by atoms with Gasteiger partial charge in [0.2, 0.25) is 0 Å². The second-order valence-electron chi connectivity index (χ2n) is 7.00. The van der Waals surface area contributed by atoms with Gasteiger partial charge in [-0.05, 0) is 33.1 Å². The normalized spacial score (nSPS) is 25.9. The Morgan fingerprint density at radius 2 is 1.89 bits per heavy atom. The molecule has 4 nitrogen and oxygen atoms in total. The molecule has 4 heteroatoms. The van der Waals surface area contributed by atoms with Crippen LogP contribution in [0.1, 0.15) is 59.3 Å². The molecule has 0 aromatic carbocycles. The molecular weight excluding hydrogens is 242 g/mol. The van der Waals surface area contributed by atoms with Gasteiger partial charge in [0.05, 0.1) is 12.6 Å². The molecule has 0 bridgehead atoms. The third-order valence-corrected chi connectivity index (χ3v) is 4.35. The van der Waals surface area contributed by atoms with Gasteiger partial charge in [-0.15, -0.1) is 0 Å². The topological polar surface area (TPSA) is 53.1 Å². The van der Waals surface area contributed by atoms with E-state index in [2.05, 4.69) is 0 Å². The molecule has 0 spiro atoms. The summed E-state index contributed by atoms with van der Waals surface area (Å²) in [5, 5.41) is 9.56. The van der Waals surface area contributed by atoms with Crippen molar-refractivity contribution in [2.45, 2.75) is 77.0 Å². The minimum absolute atomic E-state index is 0.0283. The Morgan fingerprint density at radius 3 is 2.32 bits per heavy atom. The quantitative estimate of drug-likeness (QED) is 0.795. The molecule has 0 radical (unpaired) electrons.